The van der Waals surface area contributed by atoms with E-state index < -0.39 is 0 Å². The molecule has 0 aliphatic rings. The Morgan fingerprint density at radius 2 is 1.31 bits per heavy atom. The van der Waals surface area contributed by atoms with Gasteiger partial charge in [-0.2, -0.15) is 0 Å². The molecule has 0 heterocycles. The Hall–Kier alpha value is -4.19. The molecule has 0 fully saturated rings. The van der Waals surface area contributed by atoms with Crippen LogP contribution in [0.3, 0.4) is 0 Å². The number of hydrogen-bond donors (Lipinski definition) is 0. The van der Waals surface area contributed by atoms with Crippen molar-refractivity contribution < 1.29 is 28.5 Å². The molecule has 3 rings (SSSR count). The predicted octanol–water partition coefficient (Wildman–Crippen LogP) is 5.88. The van der Waals surface area contributed by atoms with E-state index in [-0.39, 0.29) is 5.78 Å². The van der Waals surface area contributed by atoms with Gasteiger partial charge in [-0.05, 0) is 53.5 Å². The predicted molar refractivity (Wildman–Crippen MR) is 138 cm³/mol. The maximum absolute atomic E-state index is 12.4. The fourth-order valence-corrected chi connectivity index (χ4v) is 3.64. The van der Waals surface area contributed by atoms with Gasteiger partial charge in [0.05, 0.1) is 35.5 Å². The minimum absolute atomic E-state index is 0.0411. The van der Waals surface area contributed by atoms with Crippen molar-refractivity contribution in [3.8, 4) is 28.7 Å². The van der Waals surface area contributed by atoms with Crippen molar-refractivity contribution in [3.63, 3.8) is 0 Å². The summed E-state index contributed by atoms with van der Waals surface area (Å²) in [6.45, 7) is 0. The summed E-state index contributed by atoms with van der Waals surface area (Å²) >= 11 is 0. The monoisotopic (exact) mass is 474 g/mol. The summed E-state index contributed by atoms with van der Waals surface area (Å²) in [5, 5.41) is 0. The zero-order chi connectivity index (χ0) is 25.2. The lowest BCUT2D eigenvalue weighted by atomic mass is 10.0. The maximum Gasteiger partial charge on any atom is 0.203 e. The van der Waals surface area contributed by atoms with Crippen LogP contribution in [0.4, 0.5) is 0 Å². The number of ether oxygens (including phenoxy) is 5. The first kappa shape index (κ1) is 25.4. The Morgan fingerprint density at radius 3 is 1.89 bits per heavy atom. The molecule has 0 aliphatic carbocycles. The smallest absolute Gasteiger partial charge is 0.203 e. The summed E-state index contributed by atoms with van der Waals surface area (Å²) in [6.07, 6.45) is 7.92. The van der Waals surface area contributed by atoms with Crippen molar-refractivity contribution >= 4 is 17.9 Å². The van der Waals surface area contributed by atoms with E-state index in [2.05, 4.69) is 0 Å². The number of ketones is 1. The van der Waals surface area contributed by atoms with Gasteiger partial charge in [-0.1, -0.05) is 48.6 Å². The molecule has 0 aromatic heterocycles. The third kappa shape index (κ3) is 6.23. The van der Waals surface area contributed by atoms with Crippen molar-refractivity contribution in [1.82, 2.24) is 0 Å². The third-order valence-electron chi connectivity index (χ3n) is 5.45. The average Bonchev–Trinajstić information content (AvgIpc) is 2.91. The van der Waals surface area contributed by atoms with Crippen molar-refractivity contribution in [2.45, 2.75) is 6.42 Å². The number of methoxy groups -OCH3 is 5. The van der Waals surface area contributed by atoms with Crippen LogP contribution in [-0.2, 0) is 6.42 Å². The van der Waals surface area contributed by atoms with E-state index in [1.165, 1.54) is 0 Å². The van der Waals surface area contributed by atoms with Gasteiger partial charge in [0.25, 0.3) is 0 Å². The highest BCUT2D eigenvalue weighted by atomic mass is 16.5. The Kier molecular flexibility index (Phi) is 8.95. The second kappa shape index (κ2) is 12.3. The van der Waals surface area contributed by atoms with Crippen molar-refractivity contribution in [2.75, 3.05) is 35.5 Å². The molecule has 0 radical (unpaired) electrons. The molecular weight excluding hydrogens is 444 g/mol. The summed E-state index contributed by atoms with van der Waals surface area (Å²) in [4.78, 5) is 12.4. The Labute approximate surface area is 206 Å². The van der Waals surface area contributed by atoms with Gasteiger partial charge >= 0.3 is 0 Å². The first-order chi connectivity index (χ1) is 17.0. The number of carbonyl (C=O) groups is 1. The number of rotatable bonds is 11. The van der Waals surface area contributed by atoms with E-state index in [1.807, 2.05) is 60.7 Å². The molecule has 35 heavy (non-hydrogen) atoms. The van der Waals surface area contributed by atoms with Gasteiger partial charge in [0.1, 0.15) is 0 Å². The van der Waals surface area contributed by atoms with Crippen LogP contribution in [0.15, 0.2) is 66.7 Å². The molecule has 0 amide bonds. The summed E-state index contributed by atoms with van der Waals surface area (Å²) < 4.78 is 27.3. The van der Waals surface area contributed by atoms with Gasteiger partial charge in [-0.25, -0.2) is 0 Å². The quantitative estimate of drug-likeness (QED) is 0.196. The standard InChI is InChI=1S/C29H30O6/c1-31-25-18-22(12-9-13-24(30)21-10-7-6-8-11-21)23(19-26(25)32-2)15-14-20-16-27(33-3)29(35-5)28(17-20)34-4/h6-11,13-19H,12H2,1-5H3/b13-9-,15-14-. The van der Waals surface area contributed by atoms with Gasteiger partial charge < -0.3 is 23.7 Å². The lowest BCUT2D eigenvalue weighted by Gasteiger charge is -2.14. The second-order valence-electron chi connectivity index (χ2n) is 7.53. The SMILES string of the molecule is COc1cc(/C=C\c2cc(OC)c(OC)c(OC)c2)c(C/C=C\C(=O)c2ccccc2)cc1OC. The fourth-order valence-electron chi connectivity index (χ4n) is 3.64. The van der Waals surface area contributed by atoms with Gasteiger partial charge in [0.2, 0.25) is 5.75 Å². The minimum Gasteiger partial charge on any atom is -0.493 e. The van der Waals surface area contributed by atoms with E-state index >= 15 is 0 Å². The zero-order valence-corrected chi connectivity index (χ0v) is 20.7. The maximum atomic E-state index is 12.4. The second-order valence-corrected chi connectivity index (χ2v) is 7.53. The Balaban J connectivity index is 1.94. The molecule has 0 atom stereocenters. The third-order valence-corrected chi connectivity index (χ3v) is 5.45. The van der Waals surface area contributed by atoms with Crippen LogP contribution >= 0.6 is 0 Å². The lowest BCUT2D eigenvalue weighted by molar-refractivity contribution is 0.104. The summed E-state index contributed by atoms with van der Waals surface area (Å²) in [7, 11) is 7.94. The Bertz CT molecular complexity index is 1190. The Morgan fingerprint density at radius 1 is 0.714 bits per heavy atom. The topological polar surface area (TPSA) is 63.2 Å². The molecule has 6 nitrogen and oxygen atoms in total. The van der Waals surface area contributed by atoms with Crippen LogP contribution in [0.25, 0.3) is 12.2 Å². The van der Waals surface area contributed by atoms with Gasteiger partial charge in [0, 0.05) is 5.56 Å². The number of allylic oxidation sites excluding steroid dienone is 2. The van der Waals surface area contributed by atoms with Crippen molar-refractivity contribution in [2.24, 2.45) is 0 Å². The number of hydrogen-bond acceptors (Lipinski definition) is 6. The molecule has 0 spiro atoms. The van der Waals surface area contributed by atoms with E-state index in [0.29, 0.717) is 40.7 Å². The van der Waals surface area contributed by atoms with Crippen LogP contribution in [-0.4, -0.2) is 41.3 Å². The van der Waals surface area contributed by atoms with Crippen LogP contribution in [0, 0.1) is 0 Å². The highest BCUT2D eigenvalue weighted by Crippen LogP contribution is 2.39. The molecule has 182 valence electrons. The first-order valence-electron chi connectivity index (χ1n) is 11.0. The first-order valence-corrected chi connectivity index (χ1v) is 11.0. The normalized spacial score (nSPS) is 11.0. The van der Waals surface area contributed by atoms with Crippen LogP contribution in [0.2, 0.25) is 0 Å². The summed E-state index contributed by atoms with van der Waals surface area (Å²) in [5.74, 6) is 2.87. The van der Waals surface area contributed by atoms with Crippen molar-refractivity contribution in [1.29, 1.82) is 0 Å². The van der Waals surface area contributed by atoms with Crippen LogP contribution in [0.1, 0.15) is 27.0 Å². The number of benzene rings is 3. The number of carbonyl (C=O) groups excluding carboxylic acids is 1. The largest absolute Gasteiger partial charge is 0.493 e. The summed E-state index contributed by atoms with van der Waals surface area (Å²) in [5.41, 5.74) is 3.42. The van der Waals surface area contributed by atoms with Gasteiger partial charge in [-0.15, -0.1) is 0 Å². The van der Waals surface area contributed by atoms with Crippen LogP contribution in [0.5, 0.6) is 28.7 Å². The molecule has 0 aliphatic heterocycles. The van der Waals surface area contributed by atoms with Gasteiger partial charge in [-0.3, -0.25) is 4.79 Å². The molecule has 0 N–H and O–H groups in total. The summed E-state index contributed by atoms with van der Waals surface area (Å²) in [6, 6.07) is 16.8. The highest BCUT2D eigenvalue weighted by molar-refractivity contribution is 6.04. The average molecular weight is 475 g/mol. The minimum atomic E-state index is -0.0411. The molecule has 0 unspecified atom stereocenters. The molecule has 0 saturated heterocycles. The zero-order valence-electron chi connectivity index (χ0n) is 20.7. The van der Waals surface area contributed by atoms with Gasteiger partial charge in [0.15, 0.2) is 28.8 Å². The highest BCUT2D eigenvalue weighted by Gasteiger charge is 2.13. The molecule has 0 saturated carbocycles. The van der Waals surface area contributed by atoms with E-state index in [9.17, 15) is 4.79 Å². The van der Waals surface area contributed by atoms with Crippen LogP contribution < -0.4 is 23.7 Å². The molecule has 6 heteroatoms. The van der Waals surface area contributed by atoms with E-state index in [1.54, 1.807) is 53.8 Å². The lowest BCUT2D eigenvalue weighted by Crippen LogP contribution is -1.97. The molecular formula is C29H30O6. The van der Waals surface area contributed by atoms with E-state index in [4.69, 9.17) is 23.7 Å². The van der Waals surface area contributed by atoms with Crippen molar-refractivity contribution in [3.05, 3.63) is 89.0 Å². The fraction of sp³-hybridized carbons (Fsp3) is 0.207. The molecule has 0 bridgehead atoms. The molecule has 3 aromatic carbocycles. The molecule has 3 aromatic rings. The van der Waals surface area contributed by atoms with E-state index in [0.717, 1.165) is 16.7 Å².